The summed E-state index contributed by atoms with van der Waals surface area (Å²) in [7, 11) is 0. The minimum Gasteiger partial charge on any atom is -0.126 e. The van der Waals surface area contributed by atoms with Crippen LogP contribution in [0.1, 0.15) is 32.3 Å². The average molecular weight is 206 g/mol. The fourth-order valence-corrected chi connectivity index (χ4v) is 2.18. The van der Waals surface area contributed by atoms with E-state index in [1.54, 1.807) is 0 Å². The van der Waals surface area contributed by atoms with Crippen LogP contribution in [-0.2, 0) is 0 Å². The van der Waals surface area contributed by atoms with Gasteiger partial charge in [-0.1, -0.05) is 38.1 Å². The quantitative estimate of drug-likeness (QED) is 0.517. The SMILES string of the molecule is C/C=C\C(C)c1cccc(SCC)c1. The second kappa shape index (κ2) is 5.92. The van der Waals surface area contributed by atoms with Gasteiger partial charge in [-0.3, -0.25) is 0 Å². The van der Waals surface area contributed by atoms with Crippen LogP contribution >= 0.6 is 11.8 Å². The van der Waals surface area contributed by atoms with Gasteiger partial charge in [0.2, 0.25) is 0 Å². The first-order chi connectivity index (χ1) is 6.77. The van der Waals surface area contributed by atoms with Crippen molar-refractivity contribution in [3.8, 4) is 0 Å². The lowest BCUT2D eigenvalue weighted by atomic mass is 10.0. The Balaban J connectivity index is 2.82. The van der Waals surface area contributed by atoms with E-state index in [-0.39, 0.29) is 0 Å². The first-order valence-electron chi connectivity index (χ1n) is 5.13. The molecule has 1 heteroatoms. The molecule has 0 fully saturated rings. The Bertz CT molecular complexity index is 302. The summed E-state index contributed by atoms with van der Waals surface area (Å²) in [6.07, 6.45) is 4.35. The molecule has 0 aliphatic heterocycles. The van der Waals surface area contributed by atoms with Crippen LogP contribution in [0.25, 0.3) is 0 Å². The lowest BCUT2D eigenvalue weighted by Crippen LogP contribution is -1.88. The first kappa shape index (κ1) is 11.4. The Hall–Kier alpha value is -0.690. The molecule has 1 aromatic rings. The van der Waals surface area contributed by atoms with Gasteiger partial charge in [-0.25, -0.2) is 0 Å². The maximum absolute atomic E-state index is 2.29. The summed E-state index contributed by atoms with van der Waals surface area (Å²) < 4.78 is 0. The Morgan fingerprint density at radius 2 is 2.21 bits per heavy atom. The summed E-state index contributed by atoms with van der Waals surface area (Å²) in [6.45, 7) is 6.49. The van der Waals surface area contributed by atoms with Crippen LogP contribution in [0, 0.1) is 0 Å². The lowest BCUT2D eigenvalue weighted by molar-refractivity contribution is 0.958. The predicted octanol–water partition coefficient (Wildman–Crippen LogP) is 4.48. The van der Waals surface area contributed by atoms with Crippen molar-refractivity contribution >= 4 is 11.8 Å². The molecule has 14 heavy (non-hydrogen) atoms. The average Bonchev–Trinajstić information content (AvgIpc) is 2.19. The van der Waals surface area contributed by atoms with E-state index in [1.807, 2.05) is 11.8 Å². The molecule has 0 spiro atoms. The smallest absolute Gasteiger partial charge is 0.00747 e. The Morgan fingerprint density at radius 1 is 1.43 bits per heavy atom. The number of thioether (sulfide) groups is 1. The number of rotatable bonds is 4. The number of hydrogen-bond acceptors (Lipinski definition) is 1. The van der Waals surface area contributed by atoms with Crippen molar-refractivity contribution in [3.63, 3.8) is 0 Å². The number of hydrogen-bond donors (Lipinski definition) is 0. The molecule has 0 aliphatic rings. The molecular formula is C13H18S. The maximum atomic E-state index is 2.29. The molecule has 0 aromatic heterocycles. The lowest BCUT2D eigenvalue weighted by Gasteiger charge is -2.08. The summed E-state index contributed by atoms with van der Waals surface area (Å²) in [5, 5.41) is 0. The van der Waals surface area contributed by atoms with Crippen LogP contribution in [0.5, 0.6) is 0 Å². The first-order valence-corrected chi connectivity index (χ1v) is 6.12. The van der Waals surface area contributed by atoms with E-state index in [1.165, 1.54) is 10.5 Å². The highest BCUT2D eigenvalue weighted by Crippen LogP contribution is 2.23. The zero-order valence-electron chi connectivity index (χ0n) is 9.16. The molecule has 0 amide bonds. The summed E-state index contributed by atoms with van der Waals surface area (Å²) in [5.41, 5.74) is 1.40. The van der Waals surface area contributed by atoms with E-state index in [9.17, 15) is 0 Å². The summed E-state index contributed by atoms with van der Waals surface area (Å²) in [4.78, 5) is 1.38. The van der Waals surface area contributed by atoms with Gasteiger partial charge in [-0.15, -0.1) is 11.8 Å². The Labute approximate surface area is 91.4 Å². The van der Waals surface area contributed by atoms with Crippen LogP contribution in [0.4, 0.5) is 0 Å². The van der Waals surface area contributed by atoms with Crippen molar-refractivity contribution in [1.29, 1.82) is 0 Å². The zero-order valence-corrected chi connectivity index (χ0v) is 9.97. The maximum Gasteiger partial charge on any atom is 0.00747 e. The van der Waals surface area contributed by atoms with Crippen molar-refractivity contribution in [1.82, 2.24) is 0 Å². The highest BCUT2D eigenvalue weighted by Gasteiger charge is 2.01. The normalized spacial score (nSPS) is 13.4. The zero-order chi connectivity index (χ0) is 10.4. The topological polar surface area (TPSA) is 0 Å². The summed E-state index contributed by atoms with van der Waals surface area (Å²) >= 11 is 1.90. The van der Waals surface area contributed by atoms with E-state index in [0.717, 1.165) is 5.75 Å². The Morgan fingerprint density at radius 3 is 2.86 bits per heavy atom. The van der Waals surface area contributed by atoms with Crippen molar-refractivity contribution in [2.24, 2.45) is 0 Å². The molecule has 0 bridgehead atoms. The van der Waals surface area contributed by atoms with Gasteiger partial charge in [0.15, 0.2) is 0 Å². The second-order valence-corrected chi connectivity index (χ2v) is 4.66. The molecule has 1 aromatic carbocycles. The van der Waals surface area contributed by atoms with Gasteiger partial charge in [0.1, 0.15) is 0 Å². The third-order valence-corrected chi connectivity index (χ3v) is 3.05. The molecule has 76 valence electrons. The van der Waals surface area contributed by atoms with Crippen LogP contribution in [0.3, 0.4) is 0 Å². The molecule has 1 unspecified atom stereocenters. The van der Waals surface area contributed by atoms with Crippen LogP contribution in [-0.4, -0.2) is 5.75 Å². The molecule has 0 radical (unpaired) electrons. The molecule has 0 aliphatic carbocycles. The molecule has 0 saturated heterocycles. The van der Waals surface area contributed by atoms with Gasteiger partial charge in [-0.2, -0.15) is 0 Å². The van der Waals surface area contributed by atoms with Crippen molar-refractivity contribution in [2.75, 3.05) is 5.75 Å². The van der Waals surface area contributed by atoms with E-state index >= 15 is 0 Å². The minimum absolute atomic E-state index is 0.525. The molecule has 0 nitrogen and oxygen atoms in total. The van der Waals surface area contributed by atoms with E-state index in [2.05, 4.69) is 57.2 Å². The fraction of sp³-hybridized carbons (Fsp3) is 0.385. The van der Waals surface area contributed by atoms with Gasteiger partial charge >= 0.3 is 0 Å². The van der Waals surface area contributed by atoms with Gasteiger partial charge < -0.3 is 0 Å². The standard InChI is InChI=1S/C13H18S/c1-4-7-11(3)12-8-6-9-13(10-12)14-5-2/h4,6-11H,5H2,1-3H3/b7-4-. The second-order valence-electron chi connectivity index (χ2n) is 3.32. The Kier molecular flexibility index (Phi) is 4.81. The minimum atomic E-state index is 0.525. The van der Waals surface area contributed by atoms with Gasteiger partial charge in [0.25, 0.3) is 0 Å². The van der Waals surface area contributed by atoms with Crippen molar-refractivity contribution < 1.29 is 0 Å². The third-order valence-electron chi connectivity index (χ3n) is 2.18. The molecule has 0 saturated carbocycles. The fourth-order valence-electron chi connectivity index (χ4n) is 1.45. The third kappa shape index (κ3) is 3.22. The summed E-state index contributed by atoms with van der Waals surface area (Å²) in [6, 6.07) is 8.82. The molecular weight excluding hydrogens is 188 g/mol. The van der Waals surface area contributed by atoms with E-state index in [0.29, 0.717) is 5.92 Å². The van der Waals surface area contributed by atoms with Crippen molar-refractivity contribution in [3.05, 3.63) is 42.0 Å². The van der Waals surface area contributed by atoms with Crippen LogP contribution in [0.2, 0.25) is 0 Å². The molecule has 1 rings (SSSR count). The predicted molar refractivity (Wildman–Crippen MR) is 66.1 cm³/mol. The van der Waals surface area contributed by atoms with E-state index in [4.69, 9.17) is 0 Å². The van der Waals surface area contributed by atoms with Crippen LogP contribution in [0.15, 0.2) is 41.3 Å². The van der Waals surface area contributed by atoms with Gasteiger partial charge in [0.05, 0.1) is 0 Å². The van der Waals surface area contributed by atoms with Gasteiger partial charge in [-0.05, 0) is 36.3 Å². The van der Waals surface area contributed by atoms with Gasteiger partial charge in [0, 0.05) is 4.90 Å². The van der Waals surface area contributed by atoms with Crippen molar-refractivity contribution in [2.45, 2.75) is 31.6 Å². The monoisotopic (exact) mass is 206 g/mol. The highest BCUT2D eigenvalue weighted by molar-refractivity contribution is 7.99. The molecule has 0 heterocycles. The van der Waals surface area contributed by atoms with Crippen LogP contribution < -0.4 is 0 Å². The largest absolute Gasteiger partial charge is 0.126 e. The highest BCUT2D eigenvalue weighted by atomic mass is 32.2. The van der Waals surface area contributed by atoms with E-state index < -0.39 is 0 Å². The number of allylic oxidation sites excluding steroid dienone is 2. The summed E-state index contributed by atoms with van der Waals surface area (Å²) in [5.74, 6) is 1.67. The number of benzene rings is 1. The molecule has 0 N–H and O–H groups in total. The molecule has 1 atom stereocenters.